The van der Waals surface area contributed by atoms with Crippen LogP contribution in [-0.2, 0) is 4.74 Å². The number of hydrogen-bond acceptors (Lipinski definition) is 4. The van der Waals surface area contributed by atoms with Crippen LogP contribution in [0.5, 0.6) is 0 Å². The van der Waals surface area contributed by atoms with Gasteiger partial charge in [0.25, 0.3) is 5.91 Å². The van der Waals surface area contributed by atoms with Crippen molar-refractivity contribution in [1.29, 1.82) is 0 Å². The van der Waals surface area contributed by atoms with Gasteiger partial charge in [-0.15, -0.1) is 11.3 Å². The zero-order chi connectivity index (χ0) is 17.4. The van der Waals surface area contributed by atoms with E-state index >= 15 is 0 Å². The highest BCUT2D eigenvalue weighted by Gasteiger charge is 2.24. The topological polar surface area (TPSA) is 56.2 Å². The van der Waals surface area contributed by atoms with E-state index in [9.17, 15) is 4.79 Å². The SMILES string of the molecule is [CH2][C@H]1CC[C@H](NC(=O)c2cc3c(C)nn(C4CCOCC4)c3s2)CC1. The molecule has 1 aliphatic carbocycles. The van der Waals surface area contributed by atoms with E-state index in [0.29, 0.717) is 18.0 Å². The molecule has 5 nitrogen and oxygen atoms in total. The summed E-state index contributed by atoms with van der Waals surface area (Å²) in [5.41, 5.74) is 1.01. The van der Waals surface area contributed by atoms with Crippen LogP contribution in [0.2, 0.25) is 0 Å². The second kappa shape index (κ2) is 7.08. The van der Waals surface area contributed by atoms with Crippen LogP contribution in [0.4, 0.5) is 0 Å². The molecule has 0 unspecified atom stereocenters. The molecule has 3 heterocycles. The van der Waals surface area contributed by atoms with Crippen molar-refractivity contribution in [1.82, 2.24) is 15.1 Å². The Morgan fingerprint density at radius 2 is 2.00 bits per heavy atom. The maximum absolute atomic E-state index is 12.7. The van der Waals surface area contributed by atoms with Crippen LogP contribution in [0.15, 0.2) is 6.07 Å². The van der Waals surface area contributed by atoms with Gasteiger partial charge in [0.1, 0.15) is 4.83 Å². The molecule has 25 heavy (non-hydrogen) atoms. The van der Waals surface area contributed by atoms with Crippen molar-refractivity contribution in [2.24, 2.45) is 5.92 Å². The van der Waals surface area contributed by atoms with Gasteiger partial charge in [-0.25, -0.2) is 0 Å². The molecule has 2 aliphatic rings. The highest BCUT2D eigenvalue weighted by Crippen LogP contribution is 2.33. The molecular weight excluding hydrogens is 334 g/mol. The minimum Gasteiger partial charge on any atom is -0.381 e. The fraction of sp³-hybridized carbons (Fsp3) is 0.632. The maximum atomic E-state index is 12.7. The molecule has 1 radical (unpaired) electrons. The lowest BCUT2D eigenvalue weighted by molar-refractivity contribution is 0.0675. The van der Waals surface area contributed by atoms with Crippen LogP contribution >= 0.6 is 11.3 Å². The summed E-state index contributed by atoms with van der Waals surface area (Å²) >= 11 is 1.57. The van der Waals surface area contributed by atoms with E-state index in [2.05, 4.69) is 16.9 Å². The van der Waals surface area contributed by atoms with Crippen molar-refractivity contribution in [2.45, 2.75) is 57.5 Å². The van der Waals surface area contributed by atoms with Crippen LogP contribution in [-0.4, -0.2) is 34.9 Å². The third-order valence-corrected chi connectivity index (χ3v) is 6.63. The highest BCUT2D eigenvalue weighted by molar-refractivity contribution is 7.20. The van der Waals surface area contributed by atoms with Gasteiger partial charge in [-0.3, -0.25) is 9.48 Å². The third kappa shape index (κ3) is 3.47. The number of hydrogen-bond donors (Lipinski definition) is 1. The summed E-state index contributed by atoms with van der Waals surface area (Å²) in [6.45, 7) is 7.74. The van der Waals surface area contributed by atoms with Crippen LogP contribution in [0.3, 0.4) is 0 Å². The van der Waals surface area contributed by atoms with Crippen LogP contribution in [0.1, 0.15) is 59.9 Å². The van der Waals surface area contributed by atoms with Crippen molar-refractivity contribution in [3.8, 4) is 0 Å². The Morgan fingerprint density at radius 1 is 1.28 bits per heavy atom. The lowest BCUT2D eigenvalue weighted by Crippen LogP contribution is -2.37. The van der Waals surface area contributed by atoms with E-state index < -0.39 is 0 Å². The molecular formula is C19H26N3O2S. The molecule has 4 rings (SSSR count). The molecule has 0 aromatic carbocycles. The molecule has 2 aromatic rings. The Balaban J connectivity index is 1.53. The Kier molecular flexibility index (Phi) is 4.82. The van der Waals surface area contributed by atoms with Gasteiger partial charge in [0, 0.05) is 24.6 Å². The summed E-state index contributed by atoms with van der Waals surface area (Å²) < 4.78 is 7.60. The van der Waals surface area contributed by atoms with E-state index in [-0.39, 0.29) is 5.91 Å². The molecule has 135 valence electrons. The number of aryl methyl sites for hydroxylation is 1. The Hall–Kier alpha value is -1.40. The van der Waals surface area contributed by atoms with Crippen molar-refractivity contribution in [3.05, 3.63) is 23.6 Å². The molecule has 1 N–H and O–H groups in total. The average Bonchev–Trinajstić information content (AvgIpc) is 3.19. The van der Waals surface area contributed by atoms with Crippen LogP contribution in [0.25, 0.3) is 10.2 Å². The van der Waals surface area contributed by atoms with Gasteiger partial charge in [0.05, 0.1) is 16.6 Å². The number of ether oxygens (including phenoxy) is 1. The number of thiophene rings is 1. The van der Waals surface area contributed by atoms with E-state index in [1.165, 1.54) is 0 Å². The van der Waals surface area contributed by atoms with Gasteiger partial charge in [0.15, 0.2) is 0 Å². The first-order valence-corrected chi connectivity index (χ1v) is 10.1. The maximum Gasteiger partial charge on any atom is 0.261 e. The predicted molar refractivity (Wildman–Crippen MR) is 100 cm³/mol. The smallest absolute Gasteiger partial charge is 0.261 e. The first-order chi connectivity index (χ1) is 12.1. The van der Waals surface area contributed by atoms with Gasteiger partial charge in [-0.05, 0) is 57.4 Å². The number of carbonyl (C=O) groups is 1. The number of rotatable bonds is 3. The largest absolute Gasteiger partial charge is 0.381 e. The summed E-state index contributed by atoms with van der Waals surface area (Å²) in [4.78, 5) is 14.6. The number of carbonyl (C=O) groups excluding carboxylic acids is 1. The molecule has 0 atom stereocenters. The zero-order valence-corrected chi connectivity index (χ0v) is 15.6. The third-order valence-electron chi connectivity index (χ3n) is 5.51. The lowest BCUT2D eigenvalue weighted by Gasteiger charge is -2.26. The van der Waals surface area contributed by atoms with Gasteiger partial charge in [0.2, 0.25) is 0 Å². The minimum atomic E-state index is 0.0617. The number of aromatic nitrogens is 2. The molecule has 2 aromatic heterocycles. The lowest BCUT2D eigenvalue weighted by atomic mass is 9.87. The monoisotopic (exact) mass is 360 g/mol. The summed E-state index contributed by atoms with van der Waals surface area (Å²) in [7, 11) is 0. The first-order valence-electron chi connectivity index (χ1n) is 9.32. The van der Waals surface area contributed by atoms with E-state index in [4.69, 9.17) is 9.84 Å². The molecule has 0 spiro atoms. The number of amides is 1. The minimum absolute atomic E-state index is 0.0617. The van der Waals surface area contributed by atoms with Gasteiger partial charge in [-0.1, -0.05) is 6.92 Å². The average molecular weight is 361 g/mol. The Bertz CT molecular complexity index is 752. The normalized spacial score (nSPS) is 25.4. The quantitative estimate of drug-likeness (QED) is 0.904. The van der Waals surface area contributed by atoms with Gasteiger partial charge >= 0.3 is 0 Å². The van der Waals surface area contributed by atoms with Crippen LogP contribution < -0.4 is 5.32 Å². The number of fused-ring (bicyclic) bond motifs is 1. The van der Waals surface area contributed by atoms with Crippen molar-refractivity contribution in [3.63, 3.8) is 0 Å². The molecule has 1 saturated heterocycles. The second-order valence-corrected chi connectivity index (χ2v) is 8.42. The Morgan fingerprint density at radius 3 is 2.72 bits per heavy atom. The van der Waals surface area contributed by atoms with E-state index in [1.54, 1.807) is 11.3 Å². The Labute approximate surface area is 152 Å². The summed E-state index contributed by atoms with van der Waals surface area (Å²) in [5, 5.41) is 9.06. The molecule has 1 amide bonds. The van der Waals surface area contributed by atoms with Crippen molar-refractivity contribution < 1.29 is 9.53 Å². The second-order valence-electron chi connectivity index (χ2n) is 7.39. The van der Waals surface area contributed by atoms with E-state index in [1.807, 2.05) is 13.0 Å². The fourth-order valence-electron chi connectivity index (χ4n) is 3.92. The van der Waals surface area contributed by atoms with Gasteiger partial charge in [-0.2, -0.15) is 5.10 Å². The summed E-state index contributed by atoms with van der Waals surface area (Å²) in [6.07, 6.45) is 6.28. The first kappa shape index (κ1) is 17.0. The molecule has 6 heteroatoms. The molecule has 1 aliphatic heterocycles. The van der Waals surface area contributed by atoms with Crippen LogP contribution in [0, 0.1) is 19.8 Å². The fourth-order valence-corrected chi connectivity index (χ4v) is 5.06. The van der Waals surface area contributed by atoms with Gasteiger partial charge < -0.3 is 10.1 Å². The number of nitrogens with zero attached hydrogens (tertiary/aromatic N) is 2. The van der Waals surface area contributed by atoms with E-state index in [0.717, 1.165) is 72.5 Å². The molecule has 1 saturated carbocycles. The molecule has 0 bridgehead atoms. The number of nitrogens with one attached hydrogen (secondary N) is 1. The van der Waals surface area contributed by atoms with Crippen molar-refractivity contribution in [2.75, 3.05) is 13.2 Å². The predicted octanol–water partition coefficient (Wildman–Crippen LogP) is 3.88. The zero-order valence-electron chi connectivity index (χ0n) is 14.8. The summed E-state index contributed by atoms with van der Waals surface area (Å²) in [5.74, 6) is 0.609. The molecule has 2 fully saturated rings. The highest BCUT2D eigenvalue weighted by atomic mass is 32.1. The summed E-state index contributed by atoms with van der Waals surface area (Å²) in [6, 6.07) is 2.69. The standard InChI is InChI=1S/C19H26N3O2S/c1-12-3-5-14(6-4-12)20-18(23)17-11-16-13(2)21-22(19(16)25-17)15-7-9-24-10-8-15/h11-12,14-15H,1,3-10H2,2H3,(H,20,23)/t12-,14-. The van der Waals surface area contributed by atoms with Crippen molar-refractivity contribution >= 4 is 27.5 Å².